The number of hydrogen-bond acceptors (Lipinski definition) is 18. The number of benzene rings is 6. The van der Waals surface area contributed by atoms with Crippen LogP contribution in [0.4, 0.5) is 39.3 Å². The number of ether oxygens (including phenoxy) is 2. The molecule has 0 unspecified atom stereocenters. The lowest BCUT2D eigenvalue weighted by Gasteiger charge is -2.12. The SMILES string of the molecule is CS(=O)(=O)CCNCc1nc(-c2ccc3nc(-c4ccc(OCc5cccc(F)c5)c(F)c4)nc(N)c3c2)cs1.CS(=O)(=O)CCNCc1nc(-c2ccc3ncnc(Nc4ccc(OCc5cccc(C(F)(F)F)c5)cc4)c3c2)cs1. The van der Waals surface area contributed by atoms with E-state index < -0.39 is 37.2 Å². The number of fused-ring (bicyclic) bond motifs is 2. The molecule has 0 aliphatic carbocycles. The Labute approximate surface area is 476 Å². The van der Waals surface area contributed by atoms with Crippen LogP contribution < -0.4 is 31.2 Å². The number of sulfone groups is 2. The normalized spacial score (nSPS) is 11.8. The molecule has 0 bridgehead atoms. The topological polar surface area (TPSA) is 226 Å². The van der Waals surface area contributed by atoms with E-state index in [9.17, 15) is 38.8 Å². The van der Waals surface area contributed by atoms with Gasteiger partial charge in [-0.15, -0.1) is 22.7 Å². The van der Waals surface area contributed by atoms with Crippen LogP contribution in [0.1, 0.15) is 26.7 Å². The van der Waals surface area contributed by atoms with Crippen LogP contribution in [0.25, 0.3) is 55.7 Å². The Balaban J connectivity index is 0.000000198. The molecule has 6 aromatic carbocycles. The van der Waals surface area contributed by atoms with E-state index in [4.69, 9.17) is 15.2 Å². The molecule has 0 amide bonds. The van der Waals surface area contributed by atoms with Gasteiger partial charge in [-0.3, -0.25) is 0 Å². The molecule has 25 heteroatoms. The number of nitrogens with two attached hydrogens (primary N) is 1. The molecule has 0 aliphatic heterocycles. The number of hydrogen-bond donors (Lipinski definition) is 4. The quantitative estimate of drug-likeness (QED) is 0.0387. The highest BCUT2D eigenvalue weighted by atomic mass is 32.2. The molecule has 0 radical (unpaired) electrons. The van der Waals surface area contributed by atoms with Crippen molar-refractivity contribution in [3.05, 3.63) is 183 Å². The van der Waals surface area contributed by atoms with E-state index in [0.29, 0.717) is 65.3 Å². The number of rotatable bonds is 21. The number of aromatic nitrogens is 6. The van der Waals surface area contributed by atoms with E-state index in [0.717, 1.165) is 61.3 Å². The summed E-state index contributed by atoms with van der Waals surface area (Å²) in [7, 11) is -6.04. The Hall–Kier alpha value is -8.07. The second kappa shape index (κ2) is 25.8. The lowest BCUT2D eigenvalue weighted by Crippen LogP contribution is -2.21. The summed E-state index contributed by atoms with van der Waals surface area (Å²) < 4.78 is 123. The predicted molar refractivity (Wildman–Crippen MR) is 310 cm³/mol. The zero-order valence-corrected chi connectivity index (χ0v) is 47.0. The van der Waals surface area contributed by atoms with Crippen LogP contribution in [0.3, 0.4) is 0 Å². The Morgan fingerprint density at radius 2 is 1.21 bits per heavy atom. The van der Waals surface area contributed by atoms with Gasteiger partial charge in [0, 0.05) is 82.6 Å². The van der Waals surface area contributed by atoms with Crippen LogP contribution in [0.5, 0.6) is 11.5 Å². The Bertz CT molecular complexity index is 4110. The highest BCUT2D eigenvalue weighted by Gasteiger charge is 2.30. The summed E-state index contributed by atoms with van der Waals surface area (Å²) in [6.07, 6.45) is -0.518. The zero-order chi connectivity index (χ0) is 58.0. The summed E-state index contributed by atoms with van der Waals surface area (Å²) in [5.74, 6) is 0.796. The molecule has 10 aromatic rings. The second-order valence-corrected chi connectivity index (χ2v) is 25.1. The van der Waals surface area contributed by atoms with E-state index in [1.807, 2.05) is 47.2 Å². The summed E-state index contributed by atoms with van der Waals surface area (Å²) in [4.78, 5) is 27.1. The van der Waals surface area contributed by atoms with Gasteiger partial charge in [0.1, 0.15) is 72.4 Å². The number of nitrogen functional groups attached to an aromatic ring is 1. The number of nitrogens with zero attached hydrogens (tertiary/aromatic N) is 6. The van der Waals surface area contributed by atoms with Crippen LogP contribution in [0.15, 0.2) is 144 Å². The fraction of sp³-hybridized carbons (Fsp3) is 0.193. The Morgan fingerprint density at radius 3 is 1.83 bits per heavy atom. The standard InChI is InChI=1S/C29H26F3N5O3S2.C28H25F2N5O3S2/c1-42(38,39)12-11-33-15-27-37-26(17-41-27)20-5-10-25-24(14-20)28(35-18-34-25)36-22-6-8-23(9-7-22)40-16-19-3-2-4-21(13-19)29(30,31)32;1-40(36,37)10-9-32-14-26-33-24(16-39-26)18-5-7-23-21(12-18)27(31)35-28(34-23)19-6-8-25(22(30)13-19)38-15-17-3-2-4-20(29)11-17/h2-10,13-14,17-18,33H,11-12,15-16H2,1H3,(H,34,35,36);2-8,11-13,16,32H,9-10,14-15H2,1H3,(H2,31,34,35). The van der Waals surface area contributed by atoms with Crippen molar-refractivity contribution in [2.45, 2.75) is 32.5 Å². The maximum atomic E-state index is 14.8. The van der Waals surface area contributed by atoms with Gasteiger partial charge in [0.2, 0.25) is 0 Å². The third-order valence-corrected chi connectivity index (χ3v) is 15.7. The molecule has 0 atom stereocenters. The summed E-state index contributed by atoms with van der Waals surface area (Å²) in [5, 5.41) is 16.5. The number of nitrogens with one attached hydrogen (secondary N) is 3. The fourth-order valence-corrected chi connectivity index (χ4v) is 10.6. The molecule has 5 N–H and O–H groups in total. The lowest BCUT2D eigenvalue weighted by molar-refractivity contribution is -0.137. The molecule has 0 aliphatic rings. The van der Waals surface area contributed by atoms with Gasteiger partial charge in [-0.05, 0) is 102 Å². The zero-order valence-electron chi connectivity index (χ0n) is 43.7. The van der Waals surface area contributed by atoms with Crippen LogP contribution >= 0.6 is 22.7 Å². The van der Waals surface area contributed by atoms with Crippen LogP contribution in [0, 0.1) is 11.6 Å². The molecule has 4 heterocycles. The smallest absolute Gasteiger partial charge is 0.416 e. The van der Waals surface area contributed by atoms with Gasteiger partial charge in [0.15, 0.2) is 17.4 Å². The van der Waals surface area contributed by atoms with Gasteiger partial charge in [-0.2, -0.15) is 13.2 Å². The van der Waals surface area contributed by atoms with E-state index in [2.05, 4.69) is 45.9 Å². The molecule has 16 nitrogen and oxygen atoms in total. The molecule has 4 aromatic heterocycles. The van der Waals surface area contributed by atoms with Gasteiger partial charge >= 0.3 is 6.18 Å². The van der Waals surface area contributed by atoms with Gasteiger partial charge in [0.05, 0.1) is 39.5 Å². The molecule has 10 rings (SSSR count). The maximum absolute atomic E-state index is 14.8. The first-order valence-corrected chi connectivity index (χ1v) is 30.9. The minimum absolute atomic E-state index is 0.00502. The van der Waals surface area contributed by atoms with Gasteiger partial charge in [0.25, 0.3) is 0 Å². The third-order valence-electron chi connectivity index (χ3n) is 12.2. The molecule has 0 spiro atoms. The van der Waals surface area contributed by atoms with Crippen molar-refractivity contribution < 1.29 is 48.3 Å². The molecule has 424 valence electrons. The van der Waals surface area contributed by atoms with Crippen molar-refractivity contribution in [2.75, 3.05) is 48.2 Å². The van der Waals surface area contributed by atoms with Gasteiger partial charge < -0.3 is 31.2 Å². The minimum atomic E-state index is -4.40. The molecular formula is C57H51F5N10O6S4. The van der Waals surface area contributed by atoms with Gasteiger partial charge in [-0.25, -0.2) is 55.5 Å². The molecule has 0 saturated heterocycles. The van der Waals surface area contributed by atoms with Gasteiger partial charge in [-0.1, -0.05) is 36.4 Å². The van der Waals surface area contributed by atoms with E-state index >= 15 is 0 Å². The molecule has 82 heavy (non-hydrogen) atoms. The van der Waals surface area contributed by atoms with Crippen LogP contribution in [-0.2, 0) is 52.2 Å². The summed E-state index contributed by atoms with van der Waals surface area (Å²) in [5.41, 5.74) is 12.4. The monoisotopic (exact) mass is 1190 g/mol. The molecule has 0 fully saturated rings. The Kier molecular flexibility index (Phi) is 18.4. The highest BCUT2D eigenvalue weighted by molar-refractivity contribution is 7.90. The Morgan fingerprint density at radius 1 is 0.610 bits per heavy atom. The van der Waals surface area contributed by atoms with E-state index in [-0.39, 0.29) is 47.9 Å². The number of thiazole rings is 2. The number of alkyl halides is 3. The fourth-order valence-electron chi connectivity index (χ4n) is 8.03. The summed E-state index contributed by atoms with van der Waals surface area (Å²) in [6, 6.07) is 33.7. The minimum Gasteiger partial charge on any atom is -0.489 e. The van der Waals surface area contributed by atoms with E-state index in [1.54, 1.807) is 48.5 Å². The first kappa shape index (κ1) is 58.6. The number of anilines is 3. The predicted octanol–water partition coefficient (Wildman–Crippen LogP) is 11.2. The first-order chi connectivity index (χ1) is 39.2. The van der Waals surface area contributed by atoms with Crippen molar-refractivity contribution >= 4 is 81.5 Å². The van der Waals surface area contributed by atoms with E-state index in [1.165, 1.54) is 71.8 Å². The highest BCUT2D eigenvalue weighted by Crippen LogP contribution is 2.34. The van der Waals surface area contributed by atoms with Crippen LogP contribution in [-0.4, -0.2) is 83.8 Å². The molecular weight excluding hydrogens is 1140 g/mol. The second-order valence-electron chi connectivity index (χ2n) is 18.7. The van der Waals surface area contributed by atoms with Crippen molar-refractivity contribution in [3.8, 4) is 45.4 Å². The lowest BCUT2D eigenvalue weighted by atomic mass is 10.1. The first-order valence-electron chi connectivity index (χ1n) is 25.0. The van der Waals surface area contributed by atoms with Crippen molar-refractivity contribution in [1.82, 2.24) is 40.5 Å². The summed E-state index contributed by atoms with van der Waals surface area (Å²) in [6.45, 7) is 1.69. The average Bonchev–Trinajstić information content (AvgIpc) is 4.28. The van der Waals surface area contributed by atoms with Crippen molar-refractivity contribution in [2.24, 2.45) is 0 Å². The average molecular weight is 1200 g/mol. The largest absolute Gasteiger partial charge is 0.489 e. The van der Waals surface area contributed by atoms with Crippen molar-refractivity contribution in [3.63, 3.8) is 0 Å². The maximum Gasteiger partial charge on any atom is 0.416 e. The molecule has 0 saturated carbocycles. The third kappa shape index (κ3) is 16.3. The summed E-state index contributed by atoms with van der Waals surface area (Å²) >= 11 is 2.96. The number of halogens is 5. The van der Waals surface area contributed by atoms with Crippen molar-refractivity contribution in [1.29, 1.82) is 0 Å². The van der Waals surface area contributed by atoms with Crippen LogP contribution in [0.2, 0.25) is 0 Å².